The van der Waals surface area contributed by atoms with Crippen LogP contribution in [0.15, 0.2) is 36.0 Å². The zero-order valence-corrected chi connectivity index (χ0v) is 18.1. The van der Waals surface area contributed by atoms with Gasteiger partial charge in [-0.25, -0.2) is 4.79 Å². The summed E-state index contributed by atoms with van der Waals surface area (Å²) in [4.78, 5) is 24.1. The first-order valence-electron chi connectivity index (χ1n) is 7.82. The molecule has 0 aliphatic rings. The van der Waals surface area contributed by atoms with Crippen molar-refractivity contribution in [1.82, 2.24) is 5.32 Å². The predicted octanol–water partition coefficient (Wildman–Crippen LogP) is 3.83. The maximum absolute atomic E-state index is 12.5. The number of benzene rings is 2. The molecule has 0 saturated heterocycles. The summed E-state index contributed by atoms with van der Waals surface area (Å²) in [7, 11) is 4.36. The molecule has 0 unspecified atom stereocenters. The number of carbonyl (C=O) groups excluding carboxylic acids is 1. The number of amides is 1. The van der Waals surface area contributed by atoms with Crippen LogP contribution in [0.5, 0.6) is 17.2 Å². The second-order valence-corrected chi connectivity index (χ2v) is 7.05. The zero-order chi connectivity index (χ0) is 20.8. The predicted molar refractivity (Wildman–Crippen MR) is 113 cm³/mol. The van der Waals surface area contributed by atoms with Gasteiger partial charge >= 0.3 is 5.97 Å². The minimum atomic E-state index is -1.32. The van der Waals surface area contributed by atoms with Crippen LogP contribution in [0.3, 0.4) is 0 Å². The molecule has 2 N–H and O–H groups in total. The molecule has 0 saturated carbocycles. The Morgan fingerprint density at radius 2 is 1.68 bits per heavy atom. The third-order valence-electron chi connectivity index (χ3n) is 3.65. The van der Waals surface area contributed by atoms with Gasteiger partial charge in [0.1, 0.15) is 5.70 Å². The van der Waals surface area contributed by atoms with E-state index in [0.717, 1.165) is 3.57 Å². The number of carboxylic acid groups (broad SMARTS) is 1. The van der Waals surface area contributed by atoms with Crippen molar-refractivity contribution >= 4 is 52.1 Å². The minimum Gasteiger partial charge on any atom is -0.493 e. The first-order valence-corrected chi connectivity index (χ1v) is 9.27. The summed E-state index contributed by atoms with van der Waals surface area (Å²) in [6.45, 7) is 0. The first kappa shape index (κ1) is 21.8. The van der Waals surface area contributed by atoms with Crippen molar-refractivity contribution in [2.45, 2.75) is 0 Å². The van der Waals surface area contributed by atoms with Crippen LogP contribution in [0.2, 0.25) is 5.02 Å². The van der Waals surface area contributed by atoms with E-state index in [1.165, 1.54) is 27.4 Å². The van der Waals surface area contributed by atoms with E-state index in [0.29, 0.717) is 22.8 Å². The third-order valence-corrected chi connectivity index (χ3v) is 4.65. The fraction of sp³-hybridized carbons (Fsp3) is 0.158. The number of carbonyl (C=O) groups is 2. The molecule has 0 spiro atoms. The minimum absolute atomic E-state index is 0.172. The number of carboxylic acids is 1. The maximum Gasteiger partial charge on any atom is 0.352 e. The summed E-state index contributed by atoms with van der Waals surface area (Å²) >= 11 is 8.08. The number of halogens is 2. The van der Waals surface area contributed by atoms with Gasteiger partial charge in [-0.05, 0) is 64.6 Å². The molecule has 9 heteroatoms. The molecule has 28 heavy (non-hydrogen) atoms. The van der Waals surface area contributed by atoms with Crippen LogP contribution in [-0.2, 0) is 4.79 Å². The van der Waals surface area contributed by atoms with Gasteiger partial charge in [0.15, 0.2) is 11.5 Å². The molecule has 0 aromatic heterocycles. The Balaban J connectivity index is 2.44. The van der Waals surface area contributed by atoms with Gasteiger partial charge in [0, 0.05) is 3.57 Å². The highest BCUT2D eigenvalue weighted by atomic mass is 127. The Hall–Kier alpha value is -2.46. The van der Waals surface area contributed by atoms with Gasteiger partial charge in [0.05, 0.1) is 31.9 Å². The van der Waals surface area contributed by atoms with Crippen molar-refractivity contribution in [2.75, 3.05) is 21.3 Å². The molecule has 2 aromatic rings. The van der Waals surface area contributed by atoms with E-state index in [4.69, 9.17) is 25.8 Å². The Morgan fingerprint density at radius 1 is 1.07 bits per heavy atom. The first-order chi connectivity index (χ1) is 13.3. The molecule has 2 aromatic carbocycles. The summed E-state index contributed by atoms with van der Waals surface area (Å²) in [6.07, 6.45) is 1.28. The number of rotatable bonds is 7. The molecular formula is C19H17ClINO6. The highest BCUT2D eigenvalue weighted by molar-refractivity contribution is 14.1. The lowest BCUT2D eigenvalue weighted by Gasteiger charge is -2.13. The summed E-state index contributed by atoms with van der Waals surface area (Å²) < 4.78 is 16.5. The number of aliphatic carboxylic acids is 1. The summed E-state index contributed by atoms with van der Waals surface area (Å²) in [5.41, 5.74) is 0.265. The molecule has 0 bridgehead atoms. The molecule has 0 fully saturated rings. The fourth-order valence-corrected chi connectivity index (χ4v) is 3.06. The normalized spacial score (nSPS) is 11.0. The van der Waals surface area contributed by atoms with Gasteiger partial charge in [0.2, 0.25) is 5.75 Å². The van der Waals surface area contributed by atoms with Gasteiger partial charge in [-0.15, -0.1) is 0 Å². The monoisotopic (exact) mass is 517 g/mol. The highest BCUT2D eigenvalue weighted by Crippen LogP contribution is 2.38. The van der Waals surface area contributed by atoms with Crippen LogP contribution < -0.4 is 19.5 Å². The van der Waals surface area contributed by atoms with E-state index in [9.17, 15) is 14.7 Å². The Labute approximate surface area is 180 Å². The van der Waals surface area contributed by atoms with Crippen molar-refractivity contribution in [3.05, 3.63) is 55.7 Å². The second kappa shape index (κ2) is 9.65. The molecule has 1 amide bonds. The van der Waals surface area contributed by atoms with Crippen molar-refractivity contribution in [3.63, 3.8) is 0 Å². The fourth-order valence-electron chi connectivity index (χ4n) is 2.36. The molecule has 7 nitrogen and oxygen atoms in total. The number of hydrogen-bond donors (Lipinski definition) is 2. The molecule has 0 atom stereocenters. The number of ether oxygens (including phenoxy) is 3. The lowest BCUT2D eigenvalue weighted by atomic mass is 10.1. The van der Waals surface area contributed by atoms with Crippen LogP contribution >= 0.6 is 34.2 Å². The van der Waals surface area contributed by atoms with Crippen molar-refractivity contribution in [3.8, 4) is 17.2 Å². The van der Waals surface area contributed by atoms with Crippen molar-refractivity contribution in [1.29, 1.82) is 0 Å². The average Bonchev–Trinajstić information content (AvgIpc) is 2.68. The lowest BCUT2D eigenvalue weighted by molar-refractivity contribution is -0.132. The quantitative estimate of drug-likeness (QED) is 0.428. The van der Waals surface area contributed by atoms with Gasteiger partial charge in [-0.2, -0.15) is 0 Å². The Kier molecular flexibility index (Phi) is 7.53. The maximum atomic E-state index is 12.5. The largest absolute Gasteiger partial charge is 0.493 e. The van der Waals surface area contributed by atoms with E-state index in [1.807, 2.05) is 22.6 Å². The molecule has 0 aliphatic heterocycles. The van der Waals surface area contributed by atoms with Crippen LogP contribution in [0.1, 0.15) is 15.9 Å². The topological polar surface area (TPSA) is 94.1 Å². The van der Waals surface area contributed by atoms with Crippen LogP contribution in [-0.4, -0.2) is 38.3 Å². The third kappa shape index (κ3) is 5.08. The molecule has 0 heterocycles. The van der Waals surface area contributed by atoms with Gasteiger partial charge in [-0.1, -0.05) is 11.6 Å². The average molecular weight is 518 g/mol. The van der Waals surface area contributed by atoms with Crippen LogP contribution in [0.4, 0.5) is 0 Å². The van der Waals surface area contributed by atoms with Gasteiger partial charge in [-0.3, -0.25) is 4.79 Å². The number of hydrogen-bond acceptors (Lipinski definition) is 5. The SMILES string of the molecule is COc1cc(C=C(NC(=O)c2cc(I)ccc2Cl)C(=O)O)cc(OC)c1OC. The van der Waals surface area contributed by atoms with Crippen LogP contribution in [0.25, 0.3) is 6.08 Å². The standard InChI is InChI=1S/C19H17ClINO6/c1-26-15-7-10(8-16(27-2)17(15)28-3)6-14(19(24)25)22-18(23)12-9-11(21)4-5-13(12)20/h4-9H,1-3H3,(H,22,23)(H,24,25). The second-order valence-electron chi connectivity index (χ2n) is 5.40. The van der Waals surface area contributed by atoms with Gasteiger partial charge < -0.3 is 24.6 Å². The summed E-state index contributed by atoms with van der Waals surface area (Å²) in [5, 5.41) is 12.1. The Bertz CT molecular complexity index is 919. The van der Waals surface area contributed by atoms with E-state index in [1.54, 1.807) is 30.3 Å². The summed E-state index contributed by atoms with van der Waals surface area (Å²) in [6, 6.07) is 8.01. The zero-order valence-electron chi connectivity index (χ0n) is 15.2. The van der Waals surface area contributed by atoms with Crippen molar-refractivity contribution in [2.24, 2.45) is 0 Å². The van der Waals surface area contributed by atoms with Crippen molar-refractivity contribution < 1.29 is 28.9 Å². The van der Waals surface area contributed by atoms with E-state index < -0.39 is 11.9 Å². The smallest absolute Gasteiger partial charge is 0.352 e. The molecular weight excluding hydrogens is 501 g/mol. The van der Waals surface area contributed by atoms with E-state index >= 15 is 0 Å². The van der Waals surface area contributed by atoms with Crippen LogP contribution in [0, 0.1) is 3.57 Å². The van der Waals surface area contributed by atoms with E-state index in [2.05, 4.69) is 5.32 Å². The lowest BCUT2D eigenvalue weighted by Crippen LogP contribution is -2.27. The summed E-state index contributed by atoms with van der Waals surface area (Å²) in [5.74, 6) is -0.878. The molecule has 2 rings (SSSR count). The number of methoxy groups -OCH3 is 3. The van der Waals surface area contributed by atoms with Gasteiger partial charge in [0.25, 0.3) is 5.91 Å². The highest BCUT2D eigenvalue weighted by Gasteiger charge is 2.18. The molecule has 0 radical (unpaired) electrons. The number of nitrogens with one attached hydrogen (secondary N) is 1. The van der Waals surface area contributed by atoms with E-state index in [-0.39, 0.29) is 16.3 Å². The molecule has 148 valence electrons. The Morgan fingerprint density at radius 3 is 2.18 bits per heavy atom. The molecule has 0 aliphatic carbocycles.